The van der Waals surface area contributed by atoms with E-state index in [1.165, 1.54) is 51.9 Å². The van der Waals surface area contributed by atoms with Gasteiger partial charge in [-0.25, -0.2) is 0 Å². The van der Waals surface area contributed by atoms with Crippen LogP contribution in [0.5, 0.6) is 0 Å². The lowest BCUT2D eigenvalue weighted by molar-refractivity contribution is 0.0587. The minimum atomic E-state index is 0.476. The normalized spacial score (nSPS) is 36.8. The first-order valence-electron chi connectivity index (χ1n) is 8.13. The maximum atomic E-state index is 5.64. The molecule has 0 bridgehead atoms. The van der Waals surface area contributed by atoms with Crippen molar-refractivity contribution >= 4 is 0 Å². The molecule has 3 heterocycles. The molecule has 0 radical (unpaired) electrons. The van der Waals surface area contributed by atoms with Crippen LogP contribution in [0.2, 0.25) is 0 Å². The van der Waals surface area contributed by atoms with E-state index in [1.807, 2.05) is 0 Å². The maximum Gasteiger partial charge on any atom is 0.0700 e. The summed E-state index contributed by atoms with van der Waals surface area (Å²) in [5, 5.41) is 3.57. The second kappa shape index (κ2) is 6.53. The Morgan fingerprint density at radius 1 is 1.21 bits per heavy atom. The van der Waals surface area contributed by atoms with Crippen LogP contribution in [0.3, 0.4) is 0 Å². The zero-order chi connectivity index (χ0) is 13.1. The highest BCUT2D eigenvalue weighted by molar-refractivity contribution is 4.90. The highest BCUT2D eigenvalue weighted by atomic mass is 16.5. The zero-order valence-corrected chi connectivity index (χ0v) is 12.3. The molecule has 3 unspecified atom stereocenters. The van der Waals surface area contributed by atoms with Crippen molar-refractivity contribution in [1.82, 2.24) is 15.1 Å². The van der Waals surface area contributed by atoms with E-state index in [0.717, 1.165) is 31.8 Å². The molecule has 0 aromatic carbocycles. The van der Waals surface area contributed by atoms with E-state index in [0.29, 0.717) is 6.10 Å². The van der Waals surface area contributed by atoms with Gasteiger partial charge in [-0.15, -0.1) is 0 Å². The van der Waals surface area contributed by atoms with Crippen LogP contribution in [0.15, 0.2) is 0 Å². The van der Waals surface area contributed by atoms with Crippen molar-refractivity contribution in [2.45, 2.75) is 50.8 Å². The molecule has 0 spiro atoms. The molecule has 4 heteroatoms. The molecule has 3 fully saturated rings. The van der Waals surface area contributed by atoms with Crippen molar-refractivity contribution in [3.8, 4) is 0 Å². The largest absolute Gasteiger partial charge is 0.377 e. The van der Waals surface area contributed by atoms with Crippen molar-refractivity contribution in [2.24, 2.45) is 0 Å². The van der Waals surface area contributed by atoms with Crippen LogP contribution in [0, 0.1) is 0 Å². The van der Waals surface area contributed by atoms with E-state index in [2.05, 4.69) is 22.0 Å². The molecule has 19 heavy (non-hydrogen) atoms. The smallest absolute Gasteiger partial charge is 0.0700 e. The maximum absolute atomic E-state index is 5.64. The Labute approximate surface area is 117 Å². The lowest BCUT2D eigenvalue weighted by atomic mass is 10.1. The molecule has 3 saturated heterocycles. The van der Waals surface area contributed by atoms with Gasteiger partial charge in [0.25, 0.3) is 0 Å². The molecule has 0 amide bonds. The van der Waals surface area contributed by atoms with E-state index < -0.39 is 0 Å². The van der Waals surface area contributed by atoms with Gasteiger partial charge in [0, 0.05) is 51.4 Å². The monoisotopic (exact) mass is 267 g/mol. The third kappa shape index (κ3) is 3.48. The van der Waals surface area contributed by atoms with E-state index in [1.54, 1.807) is 0 Å². The number of rotatable bonds is 5. The average Bonchev–Trinajstić information content (AvgIpc) is 3.05. The van der Waals surface area contributed by atoms with Gasteiger partial charge in [-0.3, -0.25) is 9.80 Å². The van der Waals surface area contributed by atoms with Crippen LogP contribution < -0.4 is 5.32 Å². The second-order valence-electron chi connectivity index (χ2n) is 6.47. The van der Waals surface area contributed by atoms with Gasteiger partial charge in [0.1, 0.15) is 0 Å². The summed E-state index contributed by atoms with van der Waals surface area (Å²) in [6, 6.07) is 1.56. The molecule has 4 nitrogen and oxygen atoms in total. The van der Waals surface area contributed by atoms with Gasteiger partial charge in [-0.2, -0.15) is 0 Å². The Bertz CT molecular complexity index is 281. The van der Waals surface area contributed by atoms with E-state index >= 15 is 0 Å². The van der Waals surface area contributed by atoms with Crippen molar-refractivity contribution in [1.29, 1.82) is 0 Å². The summed E-state index contributed by atoms with van der Waals surface area (Å²) in [4.78, 5) is 5.37. The van der Waals surface area contributed by atoms with E-state index in [-0.39, 0.29) is 0 Å². The summed E-state index contributed by atoms with van der Waals surface area (Å²) in [7, 11) is 0. The van der Waals surface area contributed by atoms with Gasteiger partial charge in [-0.1, -0.05) is 0 Å². The lowest BCUT2D eigenvalue weighted by Crippen LogP contribution is -2.56. The van der Waals surface area contributed by atoms with Gasteiger partial charge in [0.2, 0.25) is 0 Å². The summed E-state index contributed by atoms with van der Waals surface area (Å²) in [6.45, 7) is 10.6. The highest BCUT2D eigenvalue weighted by Crippen LogP contribution is 2.24. The first-order valence-corrected chi connectivity index (χ1v) is 8.13. The summed E-state index contributed by atoms with van der Waals surface area (Å²) in [5.74, 6) is 0. The van der Waals surface area contributed by atoms with E-state index in [9.17, 15) is 0 Å². The summed E-state index contributed by atoms with van der Waals surface area (Å²) >= 11 is 0. The van der Waals surface area contributed by atoms with Gasteiger partial charge < -0.3 is 10.1 Å². The Morgan fingerprint density at radius 2 is 2.16 bits per heavy atom. The molecule has 110 valence electrons. The number of nitrogens with one attached hydrogen (secondary N) is 1. The number of hydrogen-bond acceptors (Lipinski definition) is 4. The van der Waals surface area contributed by atoms with Crippen LogP contribution >= 0.6 is 0 Å². The van der Waals surface area contributed by atoms with Crippen molar-refractivity contribution < 1.29 is 4.74 Å². The SMILES string of the molecule is CC1CN2CCCC2CN1CCNCC1CCCO1. The fourth-order valence-corrected chi connectivity index (χ4v) is 3.85. The molecule has 3 atom stereocenters. The highest BCUT2D eigenvalue weighted by Gasteiger charge is 2.33. The molecule has 3 rings (SSSR count). The minimum Gasteiger partial charge on any atom is -0.377 e. The van der Waals surface area contributed by atoms with Gasteiger partial charge in [-0.05, 0) is 39.2 Å². The standard InChI is InChI=1S/C15H29N3O/c1-13-11-18-7-2-4-14(18)12-17(13)8-6-16-10-15-5-3-9-19-15/h13-16H,2-12H2,1H3. The van der Waals surface area contributed by atoms with Gasteiger partial charge in [0.05, 0.1) is 6.10 Å². The molecule has 0 aromatic rings. The Morgan fingerprint density at radius 3 is 3.00 bits per heavy atom. The van der Waals surface area contributed by atoms with Crippen LogP contribution in [-0.2, 0) is 4.74 Å². The summed E-state index contributed by atoms with van der Waals surface area (Å²) in [5.41, 5.74) is 0. The predicted molar refractivity (Wildman–Crippen MR) is 77.5 cm³/mol. The third-order valence-electron chi connectivity index (χ3n) is 5.04. The van der Waals surface area contributed by atoms with Crippen LogP contribution in [0.25, 0.3) is 0 Å². The topological polar surface area (TPSA) is 27.7 Å². The third-order valence-corrected chi connectivity index (χ3v) is 5.04. The van der Waals surface area contributed by atoms with Gasteiger partial charge >= 0.3 is 0 Å². The van der Waals surface area contributed by atoms with Crippen molar-refractivity contribution in [3.05, 3.63) is 0 Å². The number of nitrogens with zero attached hydrogens (tertiary/aromatic N) is 2. The number of hydrogen-bond donors (Lipinski definition) is 1. The average molecular weight is 267 g/mol. The Balaban J connectivity index is 1.35. The molecule has 0 saturated carbocycles. The Kier molecular flexibility index (Phi) is 4.74. The molecular weight excluding hydrogens is 238 g/mol. The number of piperazine rings is 1. The predicted octanol–water partition coefficient (Wildman–Crippen LogP) is 0.924. The summed E-state index contributed by atoms with van der Waals surface area (Å²) in [6.07, 6.45) is 5.77. The number of fused-ring (bicyclic) bond motifs is 1. The molecule has 3 aliphatic heterocycles. The summed E-state index contributed by atoms with van der Waals surface area (Å²) < 4.78 is 5.64. The zero-order valence-electron chi connectivity index (χ0n) is 12.3. The molecular formula is C15H29N3O. The fourth-order valence-electron chi connectivity index (χ4n) is 3.85. The first kappa shape index (κ1) is 13.8. The number of ether oxygens (including phenoxy) is 1. The molecule has 0 aromatic heterocycles. The van der Waals surface area contributed by atoms with Crippen molar-refractivity contribution in [2.75, 3.05) is 45.9 Å². The van der Waals surface area contributed by atoms with Crippen molar-refractivity contribution in [3.63, 3.8) is 0 Å². The van der Waals surface area contributed by atoms with Crippen LogP contribution in [0.1, 0.15) is 32.6 Å². The Hall–Kier alpha value is -0.160. The first-order chi connectivity index (χ1) is 9.33. The second-order valence-corrected chi connectivity index (χ2v) is 6.47. The molecule has 0 aliphatic carbocycles. The van der Waals surface area contributed by atoms with Crippen LogP contribution in [-0.4, -0.2) is 73.9 Å². The molecule has 3 aliphatic rings. The van der Waals surface area contributed by atoms with Crippen LogP contribution in [0.4, 0.5) is 0 Å². The molecule has 1 N–H and O–H groups in total. The quantitative estimate of drug-likeness (QED) is 0.750. The minimum absolute atomic E-state index is 0.476. The van der Waals surface area contributed by atoms with Gasteiger partial charge in [0.15, 0.2) is 0 Å². The van der Waals surface area contributed by atoms with E-state index in [4.69, 9.17) is 4.74 Å². The lowest BCUT2D eigenvalue weighted by Gasteiger charge is -2.42. The fraction of sp³-hybridized carbons (Fsp3) is 1.00.